The molecule has 0 radical (unpaired) electrons. The molecule has 0 saturated heterocycles. The summed E-state index contributed by atoms with van der Waals surface area (Å²) < 4.78 is 3.70. The Balaban J connectivity index is 1.63. The lowest BCUT2D eigenvalue weighted by molar-refractivity contribution is 1.18. The highest BCUT2D eigenvalue weighted by Crippen LogP contribution is 2.38. The zero-order valence-electron chi connectivity index (χ0n) is 15.0. The Morgan fingerprint density at radius 1 is 0.679 bits per heavy atom. The molecule has 0 atom stereocenters. The van der Waals surface area contributed by atoms with E-state index < -0.39 is 0 Å². The fourth-order valence-corrected chi connectivity index (χ4v) is 4.90. The zero-order chi connectivity index (χ0) is 18.5. The molecule has 3 aromatic carbocycles. The third kappa shape index (κ3) is 2.23. The van der Waals surface area contributed by atoms with E-state index in [4.69, 9.17) is 0 Å². The molecule has 6 aromatic rings. The summed E-state index contributed by atoms with van der Waals surface area (Å²) in [6.07, 6.45) is 1.84. The molecule has 0 unspecified atom stereocenters. The first kappa shape index (κ1) is 15.6. The zero-order valence-corrected chi connectivity index (χ0v) is 15.9. The Hall–Kier alpha value is -3.43. The Kier molecular flexibility index (Phi) is 3.37. The lowest BCUT2D eigenvalue weighted by Gasteiger charge is -2.09. The van der Waals surface area contributed by atoms with Crippen molar-refractivity contribution in [3.63, 3.8) is 0 Å². The molecule has 0 fully saturated rings. The first-order valence-corrected chi connectivity index (χ1v) is 10.2. The first-order valence-electron chi connectivity index (χ1n) is 9.31. The molecule has 28 heavy (non-hydrogen) atoms. The molecule has 132 valence electrons. The quantitative estimate of drug-likeness (QED) is 0.316. The molecule has 0 bridgehead atoms. The van der Waals surface area contributed by atoms with Crippen LogP contribution in [0.2, 0.25) is 0 Å². The van der Waals surface area contributed by atoms with E-state index in [-0.39, 0.29) is 0 Å². The van der Waals surface area contributed by atoms with Crippen LogP contribution in [0.1, 0.15) is 0 Å². The van der Waals surface area contributed by atoms with E-state index in [1.807, 2.05) is 24.4 Å². The average Bonchev–Trinajstić information content (AvgIpc) is 3.36. The number of pyridine rings is 1. The fourth-order valence-electron chi connectivity index (χ4n) is 4.10. The molecular weight excluding hydrogens is 360 g/mol. The average molecular weight is 376 g/mol. The lowest BCUT2D eigenvalue weighted by atomic mass is 10.1. The minimum Gasteiger partial charge on any atom is -0.309 e. The van der Waals surface area contributed by atoms with Crippen LogP contribution in [0.4, 0.5) is 0 Å². The van der Waals surface area contributed by atoms with Gasteiger partial charge in [0.15, 0.2) is 0 Å². The third-order valence-corrected chi connectivity index (χ3v) is 6.24. The Bertz CT molecular complexity index is 1440. The van der Waals surface area contributed by atoms with Crippen molar-refractivity contribution in [3.05, 3.63) is 96.5 Å². The lowest BCUT2D eigenvalue weighted by Crippen LogP contribution is -1.93. The van der Waals surface area contributed by atoms with E-state index in [2.05, 4.69) is 81.7 Å². The maximum absolute atomic E-state index is 4.46. The standard InChI is InChI=1S/C25H16N2S/c1-2-7-22-19(5-1)25-20-14-16-28-24(20)13-12-23(25)27(22)18-10-8-17(9-11-18)21-6-3-4-15-26-21/h1-16H. The second kappa shape index (κ2) is 6.04. The fraction of sp³-hybridized carbons (Fsp3) is 0. The van der Waals surface area contributed by atoms with Crippen LogP contribution in [0.25, 0.3) is 48.8 Å². The van der Waals surface area contributed by atoms with E-state index in [0.29, 0.717) is 0 Å². The van der Waals surface area contributed by atoms with Gasteiger partial charge in [0.1, 0.15) is 0 Å². The van der Waals surface area contributed by atoms with Gasteiger partial charge >= 0.3 is 0 Å². The molecule has 0 aliphatic rings. The predicted molar refractivity (Wildman–Crippen MR) is 119 cm³/mol. The number of rotatable bonds is 2. The SMILES string of the molecule is c1ccc(-c2ccc(-n3c4ccccc4c4c5ccsc5ccc43)cc2)nc1. The van der Waals surface area contributed by atoms with Gasteiger partial charge in [-0.15, -0.1) is 11.3 Å². The third-order valence-electron chi connectivity index (χ3n) is 5.35. The van der Waals surface area contributed by atoms with E-state index in [1.165, 1.54) is 37.6 Å². The van der Waals surface area contributed by atoms with Crippen molar-refractivity contribution < 1.29 is 0 Å². The monoisotopic (exact) mass is 376 g/mol. The summed E-state index contributed by atoms with van der Waals surface area (Å²) in [5.41, 5.74) is 5.78. The van der Waals surface area contributed by atoms with Crippen LogP contribution in [0, 0.1) is 0 Å². The summed E-state index contributed by atoms with van der Waals surface area (Å²) in [4.78, 5) is 4.46. The molecule has 2 nitrogen and oxygen atoms in total. The number of benzene rings is 3. The topological polar surface area (TPSA) is 17.8 Å². The van der Waals surface area contributed by atoms with Gasteiger partial charge in [-0.05, 0) is 53.9 Å². The van der Waals surface area contributed by atoms with E-state index in [1.54, 1.807) is 11.3 Å². The van der Waals surface area contributed by atoms with Gasteiger partial charge in [-0.1, -0.05) is 36.4 Å². The molecule has 0 saturated carbocycles. The number of nitrogens with zero attached hydrogens (tertiary/aromatic N) is 2. The summed E-state index contributed by atoms with van der Waals surface area (Å²) in [7, 11) is 0. The van der Waals surface area contributed by atoms with Crippen molar-refractivity contribution >= 4 is 43.2 Å². The van der Waals surface area contributed by atoms with Crippen LogP contribution in [0.15, 0.2) is 96.5 Å². The largest absolute Gasteiger partial charge is 0.309 e. The molecule has 0 amide bonds. The van der Waals surface area contributed by atoms with E-state index >= 15 is 0 Å². The summed E-state index contributed by atoms with van der Waals surface area (Å²) in [5.74, 6) is 0. The van der Waals surface area contributed by atoms with Crippen LogP contribution in [-0.4, -0.2) is 9.55 Å². The Morgan fingerprint density at radius 3 is 2.39 bits per heavy atom. The number of fused-ring (bicyclic) bond motifs is 5. The molecule has 3 heteroatoms. The van der Waals surface area contributed by atoms with Crippen molar-refractivity contribution in [1.82, 2.24) is 9.55 Å². The number of aromatic nitrogens is 2. The maximum Gasteiger partial charge on any atom is 0.0701 e. The number of hydrogen-bond acceptors (Lipinski definition) is 2. The van der Waals surface area contributed by atoms with Gasteiger partial charge in [-0.25, -0.2) is 0 Å². The van der Waals surface area contributed by atoms with Crippen LogP contribution >= 0.6 is 11.3 Å². The van der Waals surface area contributed by atoms with Crippen molar-refractivity contribution in [2.24, 2.45) is 0 Å². The van der Waals surface area contributed by atoms with Crippen molar-refractivity contribution in [2.75, 3.05) is 0 Å². The van der Waals surface area contributed by atoms with Crippen molar-refractivity contribution in [1.29, 1.82) is 0 Å². The molecule has 6 rings (SSSR count). The van der Waals surface area contributed by atoms with Crippen LogP contribution in [0.3, 0.4) is 0 Å². The van der Waals surface area contributed by atoms with E-state index in [9.17, 15) is 0 Å². The summed E-state index contributed by atoms with van der Waals surface area (Å²) in [5, 5.41) is 6.15. The van der Waals surface area contributed by atoms with Gasteiger partial charge in [0.05, 0.1) is 16.7 Å². The normalized spacial score (nSPS) is 11.6. The predicted octanol–water partition coefficient (Wildman–Crippen LogP) is 7.06. The molecule has 0 N–H and O–H groups in total. The molecule has 0 aliphatic carbocycles. The Morgan fingerprint density at radius 2 is 1.54 bits per heavy atom. The molecule has 3 heterocycles. The molecule has 0 aliphatic heterocycles. The minimum absolute atomic E-state index is 0.997. The molecule has 0 spiro atoms. The highest BCUT2D eigenvalue weighted by molar-refractivity contribution is 7.17. The summed E-state index contributed by atoms with van der Waals surface area (Å²) in [6, 6.07) is 30.1. The number of hydrogen-bond donors (Lipinski definition) is 0. The second-order valence-electron chi connectivity index (χ2n) is 6.91. The smallest absolute Gasteiger partial charge is 0.0701 e. The highest BCUT2D eigenvalue weighted by atomic mass is 32.1. The van der Waals surface area contributed by atoms with Crippen LogP contribution in [-0.2, 0) is 0 Å². The summed E-state index contributed by atoms with van der Waals surface area (Å²) in [6.45, 7) is 0. The van der Waals surface area contributed by atoms with Crippen molar-refractivity contribution in [2.45, 2.75) is 0 Å². The second-order valence-corrected chi connectivity index (χ2v) is 7.85. The summed E-state index contributed by atoms with van der Waals surface area (Å²) >= 11 is 1.80. The van der Waals surface area contributed by atoms with Gasteiger partial charge in [-0.2, -0.15) is 0 Å². The Labute approximate surface area is 166 Å². The van der Waals surface area contributed by atoms with Gasteiger partial charge in [0, 0.05) is 38.3 Å². The van der Waals surface area contributed by atoms with Crippen LogP contribution < -0.4 is 0 Å². The molecular formula is C25H16N2S. The maximum atomic E-state index is 4.46. The number of thiophene rings is 1. The van der Waals surface area contributed by atoms with Crippen LogP contribution in [0.5, 0.6) is 0 Å². The van der Waals surface area contributed by atoms with Gasteiger partial charge in [-0.3, -0.25) is 4.98 Å². The highest BCUT2D eigenvalue weighted by Gasteiger charge is 2.14. The van der Waals surface area contributed by atoms with Gasteiger partial charge < -0.3 is 4.57 Å². The minimum atomic E-state index is 0.997. The number of para-hydroxylation sites is 1. The first-order chi connectivity index (χ1) is 13.9. The molecule has 3 aromatic heterocycles. The van der Waals surface area contributed by atoms with E-state index in [0.717, 1.165) is 11.3 Å². The van der Waals surface area contributed by atoms with Gasteiger partial charge in [0.25, 0.3) is 0 Å². The van der Waals surface area contributed by atoms with Gasteiger partial charge in [0.2, 0.25) is 0 Å². The van der Waals surface area contributed by atoms with Crippen molar-refractivity contribution in [3.8, 4) is 16.9 Å².